The summed E-state index contributed by atoms with van der Waals surface area (Å²) in [5, 5.41) is 0. The molecule has 0 unspecified atom stereocenters. The maximum absolute atomic E-state index is 5.96. The van der Waals surface area contributed by atoms with Crippen LogP contribution in [0.3, 0.4) is 0 Å². The minimum Gasteiger partial charge on any atom is -0.463 e. The zero-order valence-electron chi connectivity index (χ0n) is 10.6. The Labute approximate surface area is 101 Å². The second-order valence-electron chi connectivity index (χ2n) is 5.12. The summed E-state index contributed by atoms with van der Waals surface area (Å²) in [6.07, 6.45) is 3.41. The van der Waals surface area contributed by atoms with Crippen LogP contribution in [0.1, 0.15) is 31.8 Å². The third-order valence-electron chi connectivity index (χ3n) is 2.69. The Morgan fingerprint density at radius 2 is 2.24 bits per heavy atom. The average molecular weight is 233 g/mol. The van der Waals surface area contributed by atoms with Gasteiger partial charge in [-0.1, -0.05) is 0 Å². The Kier molecular flexibility index (Phi) is 3.07. The number of H-pyrrole nitrogens is 1. The van der Waals surface area contributed by atoms with Crippen molar-refractivity contribution in [1.29, 1.82) is 0 Å². The summed E-state index contributed by atoms with van der Waals surface area (Å²) >= 11 is 0. The number of imidazole rings is 1. The monoisotopic (exact) mass is 233 g/mol. The third kappa shape index (κ3) is 2.97. The van der Waals surface area contributed by atoms with Crippen molar-refractivity contribution in [2.24, 2.45) is 5.73 Å². The van der Waals surface area contributed by atoms with Gasteiger partial charge in [0.1, 0.15) is 11.5 Å². The Bertz CT molecular complexity index is 477. The van der Waals surface area contributed by atoms with Crippen molar-refractivity contribution >= 4 is 0 Å². The highest BCUT2D eigenvalue weighted by atomic mass is 16.3. The molecule has 0 saturated carbocycles. The number of rotatable bonds is 4. The molecule has 0 radical (unpaired) electrons. The standard InChI is InChI=1S/C13H19N3O/c1-9-12(10-5-4-8-17-10)16-11(15-9)6-7-13(2,3)14/h4-5,8H,6-7,14H2,1-3H3,(H,15,16). The predicted molar refractivity (Wildman–Crippen MR) is 67.6 cm³/mol. The van der Waals surface area contributed by atoms with Gasteiger partial charge in [-0.2, -0.15) is 0 Å². The van der Waals surface area contributed by atoms with E-state index in [1.165, 1.54) is 0 Å². The summed E-state index contributed by atoms with van der Waals surface area (Å²) in [6.45, 7) is 6.05. The minimum absolute atomic E-state index is 0.161. The SMILES string of the molecule is Cc1[nH]c(CCC(C)(C)N)nc1-c1ccco1. The summed E-state index contributed by atoms with van der Waals surface area (Å²) in [4.78, 5) is 7.83. The Hall–Kier alpha value is -1.55. The normalized spacial score (nSPS) is 12.0. The van der Waals surface area contributed by atoms with Gasteiger partial charge in [-0.15, -0.1) is 0 Å². The fourth-order valence-electron chi connectivity index (χ4n) is 1.73. The molecule has 0 fully saturated rings. The van der Waals surface area contributed by atoms with E-state index >= 15 is 0 Å². The molecule has 2 heterocycles. The van der Waals surface area contributed by atoms with Gasteiger partial charge in [-0.25, -0.2) is 4.98 Å². The third-order valence-corrected chi connectivity index (χ3v) is 2.69. The van der Waals surface area contributed by atoms with E-state index in [9.17, 15) is 0 Å². The van der Waals surface area contributed by atoms with Gasteiger partial charge in [0, 0.05) is 17.7 Å². The maximum Gasteiger partial charge on any atom is 0.154 e. The lowest BCUT2D eigenvalue weighted by atomic mass is 10.0. The molecule has 0 amide bonds. The van der Waals surface area contributed by atoms with Gasteiger partial charge in [0.15, 0.2) is 5.76 Å². The molecule has 0 aliphatic carbocycles. The van der Waals surface area contributed by atoms with E-state index in [4.69, 9.17) is 10.2 Å². The molecular weight excluding hydrogens is 214 g/mol. The van der Waals surface area contributed by atoms with Crippen LogP contribution in [-0.2, 0) is 6.42 Å². The van der Waals surface area contributed by atoms with Crippen LogP contribution in [0.5, 0.6) is 0 Å². The van der Waals surface area contributed by atoms with Crippen molar-refractivity contribution in [2.75, 3.05) is 0 Å². The van der Waals surface area contributed by atoms with Gasteiger partial charge in [-0.3, -0.25) is 0 Å². The lowest BCUT2D eigenvalue weighted by Gasteiger charge is -2.16. The molecule has 4 heteroatoms. The second-order valence-corrected chi connectivity index (χ2v) is 5.12. The number of aromatic amines is 1. The van der Waals surface area contributed by atoms with E-state index in [0.29, 0.717) is 0 Å². The highest BCUT2D eigenvalue weighted by Crippen LogP contribution is 2.22. The molecule has 17 heavy (non-hydrogen) atoms. The summed E-state index contributed by atoms with van der Waals surface area (Å²) in [7, 11) is 0. The predicted octanol–water partition coefficient (Wildman–Crippen LogP) is 2.65. The van der Waals surface area contributed by atoms with E-state index in [1.54, 1.807) is 6.26 Å². The first kappa shape index (κ1) is 11.9. The van der Waals surface area contributed by atoms with Gasteiger partial charge in [-0.05, 0) is 39.3 Å². The van der Waals surface area contributed by atoms with Gasteiger partial charge in [0.25, 0.3) is 0 Å². The number of aryl methyl sites for hydroxylation is 2. The van der Waals surface area contributed by atoms with Gasteiger partial charge in [0.2, 0.25) is 0 Å². The molecule has 3 N–H and O–H groups in total. The molecule has 2 aromatic rings. The van der Waals surface area contributed by atoms with Crippen molar-refractivity contribution in [3.63, 3.8) is 0 Å². The molecule has 0 aromatic carbocycles. The first-order valence-electron chi connectivity index (χ1n) is 5.84. The number of furan rings is 1. The number of hydrogen-bond donors (Lipinski definition) is 2. The number of nitrogens with zero attached hydrogens (tertiary/aromatic N) is 1. The molecule has 0 aliphatic rings. The fourth-order valence-corrected chi connectivity index (χ4v) is 1.73. The van der Waals surface area contributed by atoms with Crippen LogP contribution in [0.2, 0.25) is 0 Å². The molecule has 0 aliphatic heterocycles. The average Bonchev–Trinajstić information content (AvgIpc) is 2.82. The largest absolute Gasteiger partial charge is 0.463 e. The van der Waals surface area contributed by atoms with Crippen LogP contribution < -0.4 is 5.73 Å². The lowest BCUT2D eigenvalue weighted by Crippen LogP contribution is -2.32. The highest BCUT2D eigenvalue weighted by molar-refractivity contribution is 5.55. The molecule has 92 valence electrons. The van der Waals surface area contributed by atoms with Gasteiger partial charge in [0.05, 0.1) is 6.26 Å². The van der Waals surface area contributed by atoms with Crippen molar-refractivity contribution < 1.29 is 4.42 Å². The Balaban J connectivity index is 2.14. The number of hydrogen-bond acceptors (Lipinski definition) is 3. The Morgan fingerprint density at radius 1 is 1.47 bits per heavy atom. The molecule has 2 rings (SSSR count). The zero-order valence-corrected chi connectivity index (χ0v) is 10.6. The minimum atomic E-state index is -0.161. The quantitative estimate of drug-likeness (QED) is 0.853. The van der Waals surface area contributed by atoms with Crippen molar-refractivity contribution in [3.05, 3.63) is 29.9 Å². The molecule has 2 aromatic heterocycles. The fraction of sp³-hybridized carbons (Fsp3) is 0.462. The van der Waals surface area contributed by atoms with Crippen LogP contribution in [0, 0.1) is 6.92 Å². The lowest BCUT2D eigenvalue weighted by molar-refractivity contribution is 0.471. The Morgan fingerprint density at radius 3 is 2.82 bits per heavy atom. The summed E-state index contributed by atoms with van der Waals surface area (Å²) in [5.41, 5.74) is 7.72. The number of nitrogens with two attached hydrogens (primary N) is 1. The van der Waals surface area contributed by atoms with E-state index < -0.39 is 0 Å². The van der Waals surface area contributed by atoms with Crippen LogP contribution in [-0.4, -0.2) is 15.5 Å². The van der Waals surface area contributed by atoms with Gasteiger partial charge >= 0.3 is 0 Å². The van der Waals surface area contributed by atoms with E-state index in [1.807, 2.05) is 32.9 Å². The van der Waals surface area contributed by atoms with Crippen molar-refractivity contribution in [3.8, 4) is 11.5 Å². The van der Waals surface area contributed by atoms with Crippen LogP contribution in [0.15, 0.2) is 22.8 Å². The van der Waals surface area contributed by atoms with Crippen LogP contribution in [0.4, 0.5) is 0 Å². The van der Waals surface area contributed by atoms with Crippen molar-refractivity contribution in [2.45, 2.75) is 39.2 Å². The van der Waals surface area contributed by atoms with E-state index in [0.717, 1.165) is 35.8 Å². The first-order chi connectivity index (χ1) is 7.96. The molecule has 0 spiro atoms. The van der Waals surface area contributed by atoms with Gasteiger partial charge < -0.3 is 15.1 Å². The topological polar surface area (TPSA) is 67.8 Å². The summed E-state index contributed by atoms with van der Waals surface area (Å²) in [5.74, 6) is 1.77. The maximum atomic E-state index is 5.96. The molecular formula is C13H19N3O. The molecule has 4 nitrogen and oxygen atoms in total. The molecule has 0 bridgehead atoms. The smallest absolute Gasteiger partial charge is 0.154 e. The van der Waals surface area contributed by atoms with E-state index in [-0.39, 0.29) is 5.54 Å². The van der Waals surface area contributed by atoms with Crippen LogP contribution >= 0.6 is 0 Å². The first-order valence-corrected chi connectivity index (χ1v) is 5.84. The summed E-state index contributed by atoms with van der Waals surface area (Å²) < 4.78 is 5.35. The molecule has 0 saturated heterocycles. The van der Waals surface area contributed by atoms with Crippen molar-refractivity contribution in [1.82, 2.24) is 9.97 Å². The van der Waals surface area contributed by atoms with E-state index in [2.05, 4.69) is 9.97 Å². The summed E-state index contributed by atoms with van der Waals surface area (Å²) in [6, 6.07) is 3.78. The second kappa shape index (κ2) is 4.37. The molecule has 0 atom stereocenters. The number of aromatic nitrogens is 2. The van der Waals surface area contributed by atoms with Crippen LogP contribution in [0.25, 0.3) is 11.5 Å². The number of nitrogens with one attached hydrogen (secondary N) is 1. The zero-order chi connectivity index (χ0) is 12.5. The highest BCUT2D eigenvalue weighted by Gasteiger charge is 2.14.